The fourth-order valence-electron chi connectivity index (χ4n) is 2.22. The van der Waals surface area contributed by atoms with Gasteiger partial charge in [0.2, 0.25) is 5.91 Å². The third-order valence-corrected chi connectivity index (χ3v) is 3.77. The number of hydrogen-bond acceptors (Lipinski definition) is 4. The molecule has 0 heterocycles. The number of carbonyl (C=O) groups excluding carboxylic acids is 1. The van der Waals surface area contributed by atoms with E-state index in [9.17, 15) is 28.1 Å². The lowest BCUT2D eigenvalue weighted by Gasteiger charge is -2.12. The first-order chi connectivity index (χ1) is 13.1. The highest BCUT2D eigenvalue weighted by Gasteiger charge is 2.31. The Bertz CT molecular complexity index is 955. The summed E-state index contributed by atoms with van der Waals surface area (Å²) in [4.78, 5) is 22.3. The van der Waals surface area contributed by atoms with E-state index in [2.05, 4.69) is 11.2 Å². The second-order valence-electron chi connectivity index (χ2n) is 5.45. The number of alkyl halides is 3. The number of nitro benzene ring substituents is 1. The molecule has 1 amide bonds. The molecule has 0 aliphatic rings. The molecule has 0 atom stereocenters. The molecule has 146 valence electrons. The molecule has 1 N–H and O–H groups in total. The third kappa shape index (κ3) is 5.37. The third-order valence-electron chi connectivity index (χ3n) is 3.47. The summed E-state index contributed by atoms with van der Waals surface area (Å²) >= 11 is 5.83. The van der Waals surface area contributed by atoms with E-state index in [4.69, 9.17) is 22.8 Å². The van der Waals surface area contributed by atoms with Crippen molar-refractivity contribution >= 4 is 23.2 Å². The van der Waals surface area contributed by atoms with E-state index in [-0.39, 0.29) is 40.7 Å². The zero-order chi connectivity index (χ0) is 20.9. The minimum absolute atomic E-state index is 0.0377. The molecule has 0 spiro atoms. The van der Waals surface area contributed by atoms with E-state index >= 15 is 0 Å². The van der Waals surface area contributed by atoms with Crippen molar-refractivity contribution in [1.29, 1.82) is 0 Å². The molecule has 0 aromatic heterocycles. The number of benzene rings is 2. The van der Waals surface area contributed by atoms with Gasteiger partial charge in [-0.1, -0.05) is 17.5 Å². The van der Waals surface area contributed by atoms with E-state index in [1.165, 1.54) is 12.1 Å². The second kappa shape index (κ2) is 8.63. The monoisotopic (exact) mass is 412 g/mol. The van der Waals surface area contributed by atoms with Crippen LogP contribution in [-0.4, -0.2) is 17.4 Å². The van der Waals surface area contributed by atoms with Crippen LogP contribution in [0.25, 0.3) is 0 Å². The normalized spacial score (nSPS) is 10.8. The number of amides is 1. The van der Waals surface area contributed by atoms with E-state index in [1.54, 1.807) is 0 Å². The lowest BCUT2D eigenvalue weighted by atomic mass is 10.1. The quantitative estimate of drug-likeness (QED) is 0.434. The molecular formula is C18H12ClF3N2O4. The summed E-state index contributed by atoms with van der Waals surface area (Å²) in [5.41, 5.74) is -1.22. The maximum Gasteiger partial charge on any atom is 0.416 e. The molecule has 0 bridgehead atoms. The minimum atomic E-state index is -4.56. The van der Waals surface area contributed by atoms with Crippen molar-refractivity contribution in [2.75, 3.05) is 6.54 Å². The number of rotatable bonds is 6. The highest BCUT2D eigenvalue weighted by molar-refractivity contribution is 6.32. The average molecular weight is 413 g/mol. The molecule has 2 aromatic rings. The van der Waals surface area contributed by atoms with Gasteiger partial charge in [-0.05, 0) is 30.3 Å². The van der Waals surface area contributed by atoms with Crippen LogP contribution in [0.3, 0.4) is 0 Å². The standard InChI is InChI=1S/C18H12ClF3N2O4/c1-2-7-23-17(25)9-11-8-13(4-5-15(11)24(26)27)28-16-6-3-12(10-14(16)19)18(20,21)22/h1,3-6,8,10H,7,9H2,(H,23,25). The van der Waals surface area contributed by atoms with Gasteiger partial charge < -0.3 is 10.1 Å². The number of ether oxygens (including phenoxy) is 1. The average Bonchev–Trinajstić information content (AvgIpc) is 2.60. The summed E-state index contributed by atoms with van der Waals surface area (Å²) in [7, 11) is 0. The number of carbonyl (C=O) groups is 1. The molecule has 28 heavy (non-hydrogen) atoms. The van der Waals surface area contributed by atoms with Crippen LogP contribution in [0.1, 0.15) is 11.1 Å². The van der Waals surface area contributed by atoms with Gasteiger partial charge in [-0.3, -0.25) is 14.9 Å². The van der Waals surface area contributed by atoms with Crippen LogP contribution < -0.4 is 10.1 Å². The summed E-state index contributed by atoms with van der Waals surface area (Å²) in [6, 6.07) is 6.14. The predicted octanol–water partition coefficient (Wildman–Crippen LogP) is 4.35. The van der Waals surface area contributed by atoms with Gasteiger partial charge in [-0.2, -0.15) is 13.2 Å². The van der Waals surface area contributed by atoms with Gasteiger partial charge in [-0.15, -0.1) is 6.42 Å². The first-order valence-corrected chi connectivity index (χ1v) is 8.01. The van der Waals surface area contributed by atoms with Gasteiger partial charge in [0.25, 0.3) is 5.69 Å². The summed E-state index contributed by atoms with van der Waals surface area (Å²) in [5, 5.41) is 13.2. The van der Waals surface area contributed by atoms with E-state index in [0.717, 1.165) is 18.2 Å². The van der Waals surface area contributed by atoms with Crippen LogP contribution >= 0.6 is 11.6 Å². The van der Waals surface area contributed by atoms with E-state index < -0.39 is 22.6 Å². The number of halogens is 4. The molecule has 2 rings (SSSR count). The van der Waals surface area contributed by atoms with Crippen LogP contribution in [0, 0.1) is 22.5 Å². The minimum Gasteiger partial charge on any atom is -0.456 e. The maximum atomic E-state index is 12.7. The zero-order valence-electron chi connectivity index (χ0n) is 14.0. The Morgan fingerprint density at radius 2 is 2.00 bits per heavy atom. The van der Waals surface area contributed by atoms with Crippen LogP contribution in [-0.2, 0) is 17.4 Å². The van der Waals surface area contributed by atoms with Crippen molar-refractivity contribution in [3.05, 3.63) is 62.7 Å². The molecular weight excluding hydrogens is 401 g/mol. The van der Waals surface area contributed by atoms with E-state index in [1.807, 2.05) is 0 Å². The molecule has 0 fully saturated rings. The first-order valence-electron chi connectivity index (χ1n) is 7.64. The van der Waals surface area contributed by atoms with Crippen molar-refractivity contribution in [1.82, 2.24) is 5.32 Å². The molecule has 10 heteroatoms. The molecule has 0 saturated carbocycles. The van der Waals surface area contributed by atoms with Gasteiger partial charge in [-0.25, -0.2) is 0 Å². The van der Waals surface area contributed by atoms with Crippen LogP contribution in [0.5, 0.6) is 11.5 Å². The number of hydrogen-bond donors (Lipinski definition) is 1. The van der Waals surface area contributed by atoms with Crippen molar-refractivity contribution in [2.24, 2.45) is 0 Å². The van der Waals surface area contributed by atoms with Crippen molar-refractivity contribution in [3.8, 4) is 23.8 Å². The first kappa shape index (κ1) is 21.1. The summed E-state index contributed by atoms with van der Waals surface area (Å²) in [5.74, 6) is 1.65. The summed E-state index contributed by atoms with van der Waals surface area (Å²) in [6.45, 7) is -0.0377. The highest BCUT2D eigenvalue weighted by atomic mass is 35.5. The largest absolute Gasteiger partial charge is 0.456 e. The van der Waals surface area contributed by atoms with Gasteiger partial charge in [0.1, 0.15) is 11.5 Å². The predicted molar refractivity (Wildman–Crippen MR) is 95.2 cm³/mol. The Morgan fingerprint density at radius 3 is 2.57 bits per heavy atom. The smallest absolute Gasteiger partial charge is 0.416 e. The Morgan fingerprint density at radius 1 is 1.29 bits per heavy atom. The van der Waals surface area contributed by atoms with Crippen molar-refractivity contribution in [2.45, 2.75) is 12.6 Å². The van der Waals surface area contributed by atoms with Crippen molar-refractivity contribution < 1.29 is 27.6 Å². The van der Waals surface area contributed by atoms with Gasteiger partial charge in [0, 0.05) is 11.6 Å². The van der Waals surface area contributed by atoms with Gasteiger partial charge in [0.15, 0.2) is 0 Å². The Balaban J connectivity index is 2.29. The lowest BCUT2D eigenvalue weighted by molar-refractivity contribution is -0.385. The zero-order valence-corrected chi connectivity index (χ0v) is 14.8. The van der Waals surface area contributed by atoms with E-state index in [0.29, 0.717) is 6.07 Å². The Kier molecular flexibility index (Phi) is 6.49. The Labute approximate surface area is 162 Å². The fourth-order valence-corrected chi connectivity index (χ4v) is 2.44. The molecule has 0 aliphatic carbocycles. The topological polar surface area (TPSA) is 81.5 Å². The molecule has 2 aromatic carbocycles. The van der Waals surface area contributed by atoms with Gasteiger partial charge in [0.05, 0.1) is 28.5 Å². The SMILES string of the molecule is C#CCNC(=O)Cc1cc(Oc2ccc(C(F)(F)F)cc2Cl)ccc1[N+](=O)[O-]. The van der Waals surface area contributed by atoms with Crippen molar-refractivity contribution in [3.63, 3.8) is 0 Å². The van der Waals surface area contributed by atoms with Crippen LogP contribution in [0.4, 0.5) is 18.9 Å². The number of nitrogens with one attached hydrogen (secondary N) is 1. The second-order valence-corrected chi connectivity index (χ2v) is 5.86. The molecule has 6 nitrogen and oxygen atoms in total. The number of nitrogens with zero attached hydrogens (tertiary/aromatic N) is 1. The molecule has 0 radical (unpaired) electrons. The number of terminal acetylenes is 1. The summed E-state index contributed by atoms with van der Waals surface area (Å²) < 4.78 is 43.5. The maximum absolute atomic E-state index is 12.7. The van der Waals surface area contributed by atoms with Crippen LogP contribution in [0.15, 0.2) is 36.4 Å². The number of nitro groups is 1. The molecule has 0 aliphatic heterocycles. The highest BCUT2D eigenvalue weighted by Crippen LogP contribution is 2.37. The fraction of sp³-hybridized carbons (Fsp3) is 0.167. The lowest BCUT2D eigenvalue weighted by Crippen LogP contribution is -2.25. The molecule has 0 unspecified atom stereocenters. The Hall–Kier alpha value is -3.25. The summed E-state index contributed by atoms with van der Waals surface area (Å²) in [6.07, 6.45) is 0.136. The van der Waals surface area contributed by atoms with Gasteiger partial charge >= 0.3 is 6.18 Å². The van der Waals surface area contributed by atoms with Crippen LogP contribution in [0.2, 0.25) is 5.02 Å². The molecule has 0 saturated heterocycles.